The molecule has 1 aromatic rings. The number of ether oxygens (including phenoxy) is 1. The number of hydrogen-bond donors (Lipinski definition) is 1. The highest BCUT2D eigenvalue weighted by molar-refractivity contribution is 9.10. The summed E-state index contributed by atoms with van der Waals surface area (Å²) in [7, 11) is 1.77. The van der Waals surface area contributed by atoms with E-state index < -0.39 is 0 Å². The second-order valence-electron chi connectivity index (χ2n) is 2.69. The first-order valence-electron chi connectivity index (χ1n) is 4.65. The van der Waals surface area contributed by atoms with Crippen molar-refractivity contribution < 1.29 is 9.53 Å². The van der Waals surface area contributed by atoms with Crippen LogP contribution in [-0.4, -0.2) is 35.3 Å². The van der Waals surface area contributed by atoms with E-state index in [-0.39, 0.29) is 11.7 Å². The number of aromatic nitrogens is 2. The molecular weight excluding hydrogens is 294 g/mol. The molecule has 0 saturated heterocycles. The number of thioether (sulfide) groups is 1. The monoisotopic (exact) mass is 305 g/mol. The molecule has 0 radical (unpaired) electrons. The molecule has 7 heteroatoms. The molecule has 1 N–H and O–H groups in total. The maximum Gasteiger partial charge on any atom is 0.316 e. The van der Waals surface area contributed by atoms with Crippen molar-refractivity contribution in [2.45, 2.75) is 11.9 Å². The summed E-state index contributed by atoms with van der Waals surface area (Å²) in [5.41, 5.74) is 0. The van der Waals surface area contributed by atoms with Gasteiger partial charge in [0.05, 0.1) is 16.8 Å². The van der Waals surface area contributed by atoms with E-state index in [0.29, 0.717) is 17.5 Å². The first-order chi connectivity index (χ1) is 7.69. The zero-order chi connectivity index (χ0) is 12.0. The van der Waals surface area contributed by atoms with Crippen LogP contribution in [0.15, 0.2) is 15.8 Å². The molecule has 5 nitrogen and oxygen atoms in total. The zero-order valence-corrected chi connectivity index (χ0v) is 11.4. The number of nitrogens with one attached hydrogen (secondary N) is 1. The summed E-state index contributed by atoms with van der Waals surface area (Å²) in [6.07, 6.45) is 1.45. The lowest BCUT2D eigenvalue weighted by Crippen LogP contribution is -2.07. The average Bonchev–Trinajstić information content (AvgIpc) is 2.28. The van der Waals surface area contributed by atoms with Crippen LogP contribution in [0.2, 0.25) is 0 Å². The molecule has 0 bridgehead atoms. The van der Waals surface area contributed by atoms with E-state index in [1.165, 1.54) is 18.1 Å². The topological polar surface area (TPSA) is 64.1 Å². The van der Waals surface area contributed by atoms with Gasteiger partial charge >= 0.3 is 5.97 Å². The first-order valence-corrected chi connectivity index (χ1v) is 6.43. The molecule has 0 unspecified atom stereocenters. The Morgan fingerprint density at radius 1 is 1.62 bits per heavy atom. The summed E-state index contributed by atoms with van der Waals surface area (Å²) in [6, 6.07) is 0. The second-order valence-corrected chi connectivity index (χ2v) is 4.44. The lowest BCUT2D eigenvalue weighted by atomic mass is 10.6. The summed E-state index contributed by atoms with van der Waals surface area (Å²) in [4.78, 5) is 19.3. The van der Waals surface area contributed by atoms with E-state index >= 15 is 0 Å². The van der Waals surface area contributed by atoms with E-state index in [4.69, 9.17) is 4.74 Å². The molecule has 1 heterocycles. The highest BCUT2D eigenvalue weighted by Crippen LogP contribution is 2.29. The molecule has 1 rings (SSSR count). The van der Waals surface area contributed by atoms with Crippen LogP contribution in [0.5, 0.6) is 0 Å². The minimum atomic E-state index is -0.246. The van der Waals surface area contributed by atoms with Crippen LogP contribution < -0.4 is 5.32 Å². The van der Waals surface area contributed by atoms with Crippen molar-refractivity contribution in [2.75, 3.05) is 24.7 Å². The number of nitrogens with zero attached hydrogens (tertiary/aromatic N) is 2. The molecule has 0 amide bonds. The number of halogens is 1. The minimum absolute atomic E-state index is 0.243. The van der Waals surface area contributed by atoms with E-state index in [2.05, 4.69) is 31.2 Å². The average molecular weight is 306 g/mol. The number of rotatable bonds is 5. The molecule has 0 saturated carbocycles. The van der Waals surface area contributed by atoms with Gasteiger partial charge in [-0.25, -0.2) is 9.97 Å². The van der Waals surface area contributed by atoms with Crippen LogP contribution in [0, 0.1) is 0 Å². The summed E-state index contributed by atoms with van der Waals surface area (Å²) in [5, 5.41) is 3.64. The number of hydrogen-bond acceptors (Lipinski definition) is 6. The molecule has 0 aromatic carbocycles. The van der Waals surface area contributed by atoms with Crippen LogP contribution in [-0.2, 0) is 9.53 Å². The Balaban J connectivity index is 2.63. The summed E-state index contributed by atoms with van der Waals surface area (Å²) >= 11 is 4.68. The summed E-state index contributed by atoms with van der Waals surface area (Å²) in [6.45, 7) is 2.17. The van der Waals surface area contributed by atoms with Crippen molar-refractivity contribution >= 4 is 39.5 Å². The number of carbonyl (C=O) groups is 1. The molecule has 16 heavy (non-hydrogen) atoms. The molecule has 0 aliphatic carbocycles. The minimum Gasteiger partial charge on any atom is -0.465 e. The predicted molar refractivity (Wildman–Crippen MR) is 66.6 cm³/mol. The van der Waals surface area contributed by atoms with Crippen molar-refractivity contribution in [3.05, 3.63) is 10.8 Å². The van der Waals surface area contributed by atoms with Gasteiger partial charge in [0.15, 0.2) is 0 Å². The van der Waals surface area contributed by atoms with E-state index in [9.17, 15) is 4.79 Å². The maximum absolute atomic E-state index is 11.2. The van der Waals surface area contributed by atoms with Gasteiger partial charge in [-0.3, -0.25) is 4.79 Å². The smallest absolute Gasteiger partial charge is 0.316 e. The summed E-state index contributed by atoms with van der Waals surface area (Å²) in [5.74, 6) is 0.692. The predicted octanol–water partition coefficient (Wildman–Crippen LogP) is 1.94. The van der Waals surface area contributed by atoms with Crippen molar-refractivity contribution in [3.8, 4) is 0 Å². The highest BCUT2D eigenvalue weighted by atomic mass is 79.9. The van der Waals surface area contributed by atoms with Gasteiger partial charge in [0.1, 0.15) is 17.2 Å². The van der Waals surface area contributed by atoms with Crippen LogP contribution in [0.25, 0.3) is 0 Å². The molecule has 0 aliphatic rings. The number of carbonyl (C=O) groups excluding carboxylic acids is 1. The van der Waals surface area contributed by atoms with Gasteiger partial charge in [0.2, 0.25) is 0 Å². The molecule has 88 valence electrons. The molecule has 0 fully saturated rings. The van der Waals surface area contributed by atoms with E-state index in [1.807, 2.05) is 0 Å². The second kappa shape index (κ2) is 6.70. The third-order valence-corrected chi connectivity index (χ3v) is 3.60. The Bertz CT molecular complexity index is 376. The summed E-state index contributed by atoms with van der Waals surface area (Å²) < 4.78 is 5.58. The normalized spacial score (nSPS) is 9.94. The fourth-order valence-corrected chi connectivity index (χ4v) is 2.39. The molecule has 0 aliphatic heterocycles. The maximum atomic E-state index is 11.2. The van der Waals surface area contributed by atoms with Crippen LogP contribution in [0.3, 0.4) is 0 Å². The van der Waals surface area contributed by atoms with Crippen LogP contribution in [0.1, 0.15) is 6.92 Å². The SMILES string of the molecule is CCOC(=O)CSc1ncnc(NC)c1Br. The van der Waals surface area contributed by atoms with E-state index in [1.54, 1.807) is 14.0 Å². The lowest BCUT2D eigenvalue weighted by Gasteiger charge is -2.06. The fraction of sp³-hybridized carbons (Fsp3) is 0.444. The van der Waals surface area contributed by atoms with Crippen molar-refractivity contribution in [2.24, 2.45) is 0 Å². The lowest BCUT2D eigenvalue weighted by molar-refractivity contribution is -0.139. The Hall–Kier alpha value is -0.820. The van der Waals surface area contributed by atoms with Gasteiger partial charge in [-0.15, -0.1) is 0 Å². The number of anilines is 1. The Morgan fingerprint density at radius 3 is 3.00 bits per heavy atom. The quantitative estimate of drug-likeness (QED) is 0.509. The third kappa shape index (κ3) is 3.64. The standard InChI is InChI=1S/C9H12BrN3O2S/c1-3-15-6(14)4-16-9-7(10)8(11-2)12-5-13-9/h5H,3-4H2,1-2H3,(H,11,12,13). The molecule has 0 spiro atoms. The fourth-order valence-electron chi connectivity index (χ4n) is 0.959. The Labute approximate surface area is 107 Å². The molecule has 1 aromatic heterocycles. The Kier molecular flexibility index (Phi) is 5.54. The van der Waals surface area contributed by atoms with Gasteiger partial charge in [-0.2, -0.15) is 0 Å². The van der Waals surface area contributed by atoms with Gasteiger partial charge in [0.25, 0.3) is 0 Å². The van der Waals surface area contributed by atoms with Crippen molar-refractivity contribution in [1.29, 1.82) is 0 Å². The number of esters is 1. The van der Waals surface area contributed by atoms with Crippen molar-refractivity contribution in [1.82, 2.24) is 9.97 Å². The highest BCUT2D eigenvalue weighted by Gasteiger charge is 2.10. The van der Waals surface area contributed by atoms with E-state index in [0.717, 1.165) is 4.47 Å². The van der Waals surface area contributed by atoms with Crippen molar-refractivity contribution in [3.63, 3.8) is 0 Å². The van der Waals surface area contributed by atoms with Gasteiger partial charge in [0, 0.05) is 7.05 Å². The van der Waals surface area contributed by atoms with Gasteiger partial charge < -0.3 is 10.1 Å². The first kappa shape index (κ1) is 13.2. The largest absolute Gasteiger partial charge is 0.465 e. The molecule has 0 atom stereocenters. The third-order valence-electron chi connectivity index (χ3n) is 1.63. The van der Waals surface area contributed by atoms with Crippen LogP contribution >= 0.6 is 27.7 Å². The Morgan fingerprint density at radius 2 is 2.38 bits per heavy atom. The van der Waals surface area contributed by atoms with Gasteiger partial charge in [-0.05, 0) is 22.9 Å². The van der Waals surface area contributed by atoms with Crippen LogP contribution in [0.4, 0.5) is 5.82 Å². The van der Waals surface area contributed by atoms with Gasteiger partial charge in [-0.1, -0.05) is 11.8 Å². The zero-order valence-electron chi connectivity index (χ0n) is 8.99. The molecular formula is C9H12BrN3O2S.